The van der Waals surface area contributed by atoms with E-state index in [9.17, 15) is 14.4 Å². The van der Waals surface area contributed by atoms with Crippen molar-refractivity contribution in [1.82, 2.24) is 19.6 Å². The molecule has 0 aliphatic carbocycles. The molecule has 0 bridgehead atoms. The highest BCUT2D eigenvalue weighted by atomic mass is 16.6. The van der Waals surface area contributed by atoms with Crippen LogP contribution in [0.25, 0.3) is 5.52 Å². The summed E-state index contributed by atoms with van der Waals surface area (Å²) in [5.74, 6) is -0.310. The van der Waals surface area contributed by atoms with Gasteiger partial charge in [0.25, 0.3) is 0 Å². The van der Waals surface area contributed by atoms with Crippen molar-refractivity contribution in [3.63, 3.8) is 0 Å². The van der Waals surface area contributed by atoms with Crippen molar-refractivity contribution in [1.29, 1.82) is 0 Å². The molecule has 1 fully saturated rings. The van der Waals surface area contributed by atoms with Crippen LogP contribution in [-0.2, 0) is 32.3 Å². The average Bonchev–Trinajstić information content (AvgIpc) is 3.55. The van der Waals surface area contributed by atoms with Crippen LogP contribution in [0.1, 0.15) is 49.8 Å². The number of rotatable bonds is 10. The zero-order chi connectivity index (χ0) is 26.4. The SMILES string of the molecule is CC(C)C(=O)N[C@H](COCc1ccccc1)c1ncc2cccc(COC(=O)N3CCC[C@@H]3C(N)=O)n12. The van der Waals surface area contributed by atoms with E-state index in [2.05, 4.69) is 10.3 Å². The molecule has 10 nitrogen and oxygen atoms in total. The van der Waals surface area contributed by atoms with Crippen LogP contribution in [0, 0.1) is 5.92 Å². The summed E-state index contributed by atoms with van der Waals surface area (Å²) in [6.45, 7) is 4.62. The Kier molecular flexibility index (Phi) is 8.39. The van der Waals surface area contributed by atoms with Gasteiger partial charge in [0, 0.05) is 12.5 Å². The van der Waals surface area contributed by atoms with Crippen molar-refractivity contribution in [3.8, 4) is 0 Å². The Morgan fingerprint density at radius 1 is 1.11 bits per heavy atom. The van der Waals surface area contributed by atoms with Gasteiger partial charge in [0.2, 0.25) is 11.8 Å². The number of carbonyl (C=O) groups excluding carboxylic acids is 3. The molecule has 2 aromatic heterocycles. The molecule has 1 aromatic carbocycles. The summed E-state index contributed by atoms with van der Waals surface area (Å²) in [6, 6.07) is 14.2. The fourth-order valence-corrected chi connectivity index (χ4v) is 4.39. The lowest BCUT2D eigenvalue weighted by Crippen LogP contribution is -2.43. The minimum atomic E-state index is -0.649. The van der Waals surface area contributed by atoms with Crippen LogP contribution >= 0.6 is 0 Å². The van der Waals surface area contributed by atoms with E-state index in [-0.39, 0.29) is 25.0 Å². The maximum absolute atomic E-state index is 12.7. The second-order valence-corrected chi connectivity index (χ2v) is 9.42. The standard InChI is InChI=1S/C27H33N5O5/c1-18(2)26(34)30-22(17-36-15-19-8-4-3-5-9-19)25-29-14-20-10-6-11-21(32(20)25)16-37-27(35)31-13-7-12-23(31)24(28)33/h3-6,8-11,14,18,22-23H,7,12-13,15-17H2,1-2H3,(H2,28,33)(H,30,34)/t22-,23-/m1/s1. The first kappa shape index (κ1) is 26.2. The van der Waals surface area contributed by atoms with Crippen LogP contribution in [0.4, 0.5) is 4.79 Å². The first-order valence-corrected chi connectivity index (χ1v) is 12.4. The lowest BCUT2D eigenvalue weighted by Gasteiger charge is -2.22. The van der Waals surface area contributed by atoms with Crippen molar-refractivity contribution >= 4 is 23.4 Å². The predicted octanol–water partition coefficient (Wildman–Crippen LogP) is 2.95. The number of benzene rings is 1. The quantitative estimate of drug-likeness (QED) is 0.434. The summed E-state index contributed by atoms with van der Waals surface area (Å²) in [4.78, 5) is 43.0. The van der Waals surface area contributed by atoms with E-state index < -0.39 is 24.1 Å². The summed E-state index contributed by atoms with van der Waals surface area (Å²) in [5.41, 5.74) is 7.91. The van der Waals surface area contributed by atoms with Crippen molar-refractivity contribution in [2.45, 2.75) is 52.0 Å². The second kappa shape index (κ2) is 11.9. The Morgan fingerprint density at radius 2 is 1.89 bits per heavy atom. The molecule has 0 saturated carbocycles. The summed E-state index contributed by atoms with van der Waals surface area (Å²) >= 11 is 0. The van der Waals surface area contributed by atoms with Gasteiger partial charge in [-0.15, -0.1) is 0 Å². The van der Waals surface area contributed by atoms with Gasteiger partial charge in [-0.2, -0.15) is 0 Å². The van der Waals surface area contributed by atoms with E-state index in [0.717, 1.165) is 11.1 Å². The molecule has 0 spiro atoms. The highest BCUT2D eigenvalue weighted by molar-refractivity contribution is 5.84. The Balaban J connectivity index is 1.54. The number of likely N-dealkylation sites (tertiary alicyclic amines) is 1. The van der Waals surface area contributed by atoms with E-state index in [1.807, 2.05) is 66.8 Å². The average molecular weight is 508 g/mol. The molecule has 0 radical (unpaired) electrons. The van der Waals surface area contributed by atoms with E-state index in [1.165, 1.54) is 4.90 Å². The van der Waals surface area contributed by atoms with Crippen molar-refractivity contribution < 1.29 is 23.9 Å². The summed E-state index contributed by atoms with van der Waals surface area (Å²) in [6.07, 6.45) is 2.35. The molecular weight excluding hydrogens is 474 g/mol. The third-order valence-corrected chi connectivity index (χ3v) is 6.37. The van der Waals surface area contributed by atoms with Crippen LogP contribution < -0.4 is 11.1 Å². The number of primary amides is 1. The third-order valence-electron chi connectivity index (χ3n) is 6.37. The number of hydrogen-bond acceptors (Lipinski definition) is 6. The molecule has 2 atom stereocenters. The van der Waals surface area contributed by atoms with Gasteiger partial charge in [-0.1, -0.05) is 50.2 Å². The van der Waals surface area contributed by atoms with Crippen LogP contribution in [0.5, 0.6) is 0 Å². The van der Waals surface area contributed by atoms with Gasteiger partial charge in [-0.25, -0.2) is 9.78 Å². The number of amides is 3. The number of nitrogens with two attached hydrogens (primary N) is 1. The summed E-state index contributed by atoms with van der Waals surface area (Å²) in [5, 5.41) is 3.04. The highest BCUT2D eigenvalue weighted by Gasteiger charge is 2.34. The predicted molar refractivity (Wildman–Crippen MR) is 136 cm³/mol. The molecule has 3 amide bonds. The Hall–Kier alpha value is -3.92. The van der Waals surface area contributed by atoms with Crippen LogP contribution in [0.3, 0.4) is 0 Å². The Labute approximate surface area is 215 Å². The van der Waals surface area contributed by atoms with E-state index in [0.29, 0.717) is 37.5 Å². The lowest BCUT2D eigenvalue weighted by molar-refractivity contribution is -0.125. The molecule has 37 heavy (non-hydrogen) atoms. The van der Waals surface area contributed by atoms with Crippen molar-refractivity contribution in [3.05, 3.63) is 71.8 Å². The number of hydrogen-bond donors (Lipinski definition) is 2. The number of carbonyl (C=O) groups is 3. The maximum Gasteiger partial charge on any atom is 0.410 e. The molecule has 10 heteroatoms. The van der Waals surface area contributed by atoms with Gasteiger partial charge in [0.15, 0.2) is 0 Å². The number of ether oxygens (including phenoxy) is 2. The summed E-state index contributed by atoms with van der Waals surface area (Å²) < 4.78 is 13.4. The van der Waals surface area contributed by atoms with Crippen LogP contribution in [0.15, 0.2) is 54.7 Å². The molecule has 1 aliphatic rings. The molecule has 1 aliphatic heterocycles. The van der Waals surface area contributed by atoms with Gasteiger partial charge in [-0.3, -0.25) is 18.9 Å². The fourth-order valence-electron chi connectivity index (χ4n) is 4.39. The first-order chi connectivity index (χ1) is 17.8. The molecule has 4 rings (SSSR count). The Morgan fingerprint density at radius 3 is 2.62 bits per heavy atom. The smallest absolute Gasteiger partial charge is 0.410 e. The van der Waals surface area contributed by atoms with Gasteiger partial charge in [-0.05, 0) is 30.5 Å². The number of aromatic nitrogens is 2. The lowest BCUT2D eigenvalue weighted by atomic mass is 10.2. The zero-order valence-electron chi connectivity index (χ0n) is 21.1. The summed E-state index contributed by atoms with van der Waals surface area (Å²) in [7, 11) is 0. The number of pyridine rings is 1. The highest BCUT2D eigenvalue weighted by Crippen LogP contribution is 2.22. The second-order valence-electron chi connectivity index (χ2n) is 9.42. The molecular formula is C27H33N5O5. The minimum absolute atomic E-state index is 0.0444. The van der Waals surface area contributed by atoms with Crippen LogP contribution in [0.2, 0.25) is 0 Å². The molecule has 3 heterocycles. The van der Waals surface area contributed by atoms with E-state index >= 15 is 0 Å². The number of nitrogens with zero attached hydrogens (tertiary/aromatic N) is 3. The maximum atomic E-state index is 12.7. The van der Waals surface area contributed by atoms with Gasteiger partial charge in [0.05, 0.1) is 30.6 Å². The van der Waals surface area contributed by atoms with E-state index in [1.54, 1.807) is 6.20 Å². The van der Waals surface area contributed by atoms with Gasteiger partial charge >= 0.3 is 6.09 Å². The fraction of sp³-hybridized carbons (Fsp3) is 0.407. The normalized spacial score (nSPS) is 16.2. The monoisotopic (exact) mass is 507 g/mol. The molecule has 196 valence electrons. The first-order valence-electron chi connectivity index (χ1n) is 12.4. The molecule has 0 unspecified atom stereocenters. The topological polar surface area (TPSA) is 128 Å². The van der Waals surface area contributed by atoms with Crippen LogP contribution in [-0.4, -0.2) is 51.4 Å². The van der Waals surface area contributed by atoms with Gasteiger partial charge < -0.3 is 20.5 Å². The largest absolute Gasteiger partial charge is 0.443 e. The third kappa shape index (κ3) is 6.26. The van der Waals surface area contributed by atoms with Gasteiger partial charge in [0.1, 0.15) is 24.5 Å². The Bertz CT molecular complexity index is 1240. The number of fused-ring (bicyclic) bond motifs is 1. The number of imidazole rings is 1. The van der Waals surface area contributed by atoms with Crippen molar-refractivity contribution in [2.24, 2.45) is 11.7 Å². The minimum Gasteiger partial charge on any atom is -0.443 e. The molecule has 1 saturated heterocycles. The number of nitrogens with one attached hydrogen (secondary N) is 1. The zero-order valence-corrected chi connectivity index (χ0v) is 21.1. The molecule has 3 aromatic rings. The van der Waals surface area contributed by atoms with Crippen molar-refractivity contribution in [2.75, 3.05) is 13.2 Å². The van der Waals surface area contributed by atoms with E-state index in [4.69, 9.17) is 15.2 Å². The molecule has 3 N–H and O–H groups in total.